The smallest absolute Gasteiger partial charge is 0.256 e. The van der Waals surface area contributed by atoms with Gasteiger partial charge in [-0.25, -0.2) is 0 Å². The Kier molecular flexibility index (Phi) is 8.53. The van der Waals surface area contributed by atoms with Crippen LogP contribution < -0.4 is 14.8 Å². The number of methoxy groups -OCH3 is 2. The lowest BCUT2D eigenvalue weighted by molar-refractivity contribution is -0.128. The second-order valence-electron chi connectivity index (χ2n) is 9.79. The first-order valence-corrected chi connectivity index (χ1v) is 12.8. The van der Waals surface area contributed by atoms with Crippen LogP contribution in [0, 0.1) is 0 Å². The summed E-state index contributed by atoms with van der Waals surface area (Å²) >= 11 is 0. The van der Waals surface area contributed by atoms with E-state index >= 15 is 0 Å². The van der Waals surface area contributed by atoms with Gasteiger partial charge in [0.05, 0.1) is 20.8 Å². The Labute approximate surface area is 223 Å². The zero-order valence-corrected chi connectivity index (χ0v) is 22.4. The van der Waals surface area contributed by atoms with Crippen molar-refractivity contribution in [2.24, 2.45) is 0 Å². The Morgan fingerprint density at radius 3 is 1.95 bits per heavy atom. The van der Waals surface area contributed by atoms with Crippen LogP contribution in [0.1, 0.15) is 33.6 Å². The standard InChI is InChI=1S/C28H36N4O6/c1-30(2)18-15-29-25(33)24-19-38-28(32(24)27(35)21-7-11-23(37-4)12-8-21)13-16-31(17-14-28)26(34)20-5-9-22(36-3)10-6-20/h5-12,24H,13-19H2,1-4H3,(H,29,33)/t24-/m0/s1. The number of likely N-dealkylation sites (N-methyl/N-ethyl adjacent to an activating group) is 1. The molecule has 0 unspecified atom stereocenters. The molecule has 3 amide bonds. The molecule has 10 nitrogen and oxygen atoms in total. The first kappa shape index (κ1) is 27.4. The van der Waals surface area contributed by atoms with Gasteiger partial charge in [-0.2, -0.15) is 0 Å². The number of rotatable bonds is 8. The average molecular weight is 525 g/mol. The van der Waals surface area contributed by atoms with Crippen molar-refractivity contribution in [3.8, 4) is 11.5 Å². The van der Waals surface area contributed by atoms with Crippen LogP contribution in [0.3, 0.4) is 0 Å². The van der Waals surface area contributed by atoms with Crippen molar-refractivity contribution < 1.29 is 28.6 Å². The third kappa shape index (κ3) is 5.76. The Hall–Kier alpha value is -3.63. The minimum absolute atomic E-state index is 0.0912. The number of hydrogen-bond acceptors (Lipinski definition) is 7. The summed E-state index contributed by atoms with van der Waals surface area (Å²) in [6.45, 7) is 2.03. The zero-order valence-electron chi connectivity index (χ0n) is 22.4. The van der Waals surface area contributed by atoms with Crippen molar-refractivity contribution >= 4 is 17.7 Å². The van der Waals surface area contributed by atoms with Crippen LogP contribution in [0.5, 0.6) is 11.5 Å². The van der Waals surface area contributed by atoms with E-state index in [1.54, 1.807) is 72.6 Å². The van der Waals surface area contributed by atoms with Gasteiger partial charge in [-0.15, -0.1) is 0 Å². The van der Waals surface area contributed by atoms with Crippen LogP contribution in [0.2, 0.25) is 0 Å². The number of carbonyl (C=O) groups is 3. The summed E-state index contributed by atoms with van der Waals surface area (Å²) in [5.74, 6) is 0.694. The summed E-state index contributed by atoms with van der Waals surface area (Å²) in [6, 6.07) is 13.1. The highest BCUT2D eigenvalue weighted by molar-refractivity contribution is 5.99. The molecule has 0 aliphatic carbocycles. The summed E-state index contributed by atoms with van der Waals surface area (Å²) in [5.41, 5.74) is 0.0361. The van der Waals surface area contributed by atoms with Crippen LogP contribution in [-0.2, 0) is 9.53 Å². The van der Waals surface area contributed by atoms with Crippen molar-refractivity contribution in [2.75, 3.05) is 61.1 Å². The summed E-state index contributed by atoms with van der Waals surface area (Å²) in [7, 11) is 7.01. The van der Waals surface area contributed by atoms with E-state index in [1.165, 1.54) is 0 Å². The molecule has 2 fully saturated rings. The molecule has 4 rings (SSSR count). The van der Waals surface area contributed by atoms with Gasteiger partial charge in [0.25, 0.3) is 11.8 Å². The molecule has 0 radical (unpaired) electrons. The molecule has 2 aromatic rings. The number of carbonyl (C=O) groups excluding carboxylic acids is 3. The number of amides is 3. The molecule has 2 heterocycles. The lowest BCUT2D eigenvalue weighted by atomic mass is 9.96. The van der Waals surface area contributed by atoms with E-state index in [4.69, 9.17) is 14.2 Å². The van der Waals surface area contributed by atoms with Crippen LogP contribution in [0.15, 0.2) is 48.5 Å². The van der Waals surface area contributed by atoms with E-state index in [1.807, 2.05) is 19.0 Å². The number of nitrogens with one attached hydrogen (secondary N) is 1. The summed E-state index contributed by atoms with van der Waals surface area (Å²) in [4.78, 5) is 45.5. The zero-order chi connectivity index (χ0) is 27.3. The molecule has 204 valence electrons. The molecule has 0 bridgehead atoms. The molecule has 10 heteroatoms. The molecule has 2 saturated heterocycles. The van der Waals surface area contributed by atoms with E-state index in [0.717, 1.165) is 0 Å². The summed E-state index contributed by atoms with van der Waals surface area (Å²) in [5, 5.41) is 2.94. The molecular formula is C28H36N4O6. The number of nitrogens with zero attached hydrogens (tertiary/aromatic N) is 3. The van der Waals surface area contributed by atoms with Gasteiger partial charge in [-0.05, 0) is 62.6 Å². The molecule has 1 N–H and O–H groups in total. The van der Waals surface area contributed by atoms with E-state index < -0.39 is 11.8 Å². The van der Waals surface area contributed by atoms with Crippen molar-refractivity contribution in [1.82, 2.24) is 20.0 Å². The third-order valence-corrected chi connectivity index (χ3v) is 7.15. The first-order chi connectivity index (χ1) is 18.3. The number of likely N-dealkylation sites (tertiary alicyclic amines) is 1. The fraction of sp³-hybridized carbons (Fsp3) is 0.464. The van der Waals surface area contributed by atoms with Gasteiger partial charge in [0.1, 0.15) is 23.3 Å². The van der Waals surface area contributed by atoms with E-state index in [2.05, 4.69) is 5.32 Å². The fourth-order valence-corrected chi connectivity index (χ4v) is 4.94. The van der Waals surface area contributed by atoms with Gasteiger partial charge in [0.2, 0.25) is 5.91 Å². The summed E-state index contributed by atoms with van der Waals surface area (Å²) < 4.78 is 16.7. The van der Waals surface area contributed by atoms with Gasteiger partial charge in [-0.3, -0.25) is 19.3 Å². The van der Waals surface area contributed by atoms with Crippen molar-refractivity contribution in [3.63, 3.8) is 0 Å². The monoisotopic (exact) mass is 524 g/mol. The maximum atomic E-state index is 13.8. The number of piperidine rings is 1. The minimum atomic E-state index is -0.975. The maximum absolute atomic E-state index is 13.8. The van der Waals surface area contributed by atoms with Gasteiger partial charge in [0.15, 0.2) is 0 Å². The van der Waals surface area contributed by atoms with Gasteiger partial charge >= 0.3 is 0 Å². The van der Waals surface area contributed by atoms with Crippen molar-refractivity contribution in [3.05, 3.63) is 59.7 Å². The van der Waals surface area contributed by atoms with Crippen LogP contribution in [-0.4, -0.2) is 105 Å². The fourth-order valence-electron chi connectivity index (χ4n) is 4.94. The Balaban J connectivity index is 1.53. The van der Waals surface area contributed by atoms with Crippen LogP contribution in [0.25, 0.3) is 0 Å². The molecule has 1 spiro atoms. The topological polar surface area (TPSA) is 101 Å². The highest BCUT2D eigenvalue weighted by atomic mass is 16.5. The van der Waals surface area contributed by atoms with E-state index in [9.17, 15) is 14.4 Å². The van der Waals surface area contributed by atoms with E-state index in [0.29, 0.717) is 61.6 Å². The minimum Gasteiger partial charge on any atom is -0.497 e. The van der Waals surface area contributed by atoms with Gasteiger partial charge in [0, 0.05) is 50.1 Å². The molecular weight excluding hydrogens is 488 g/mol. The molecule has 2 aliphatic rings. The predicted molar refractivity (Wildman–Crippen MR) is 141 cm³/mol. The Morgan fingerprint density at radius 2 is 1.45 bits per heavy atom. The second-order valence-corrected chi connectivity index (χ2v) is 9.79. The lowest BCUT2D eigenvalue weighted by Gasteiger charge is -2.44. The lowest BCUT2D eigenvalue weighted by Crippen LogP contribution is -2.60. The van der Waals surface area contributed by atoms with Crippen molar-refractivity contribution in [1.29, 1.82) is 0 Å². The number of benzene rings is 2. The van der Waals surface area contributed by atoms with Crippen molar-refractivity contribution in [2.45, 2.75) is 24.6 Å². The number of ether oxygens (including phenoxy) is 3. The highest BCUT2D eigenvalue weighted by Crippen LogP contribution is 2.39. The summed E-state index contributed by atoms with van der Waals surface area (Å²) in [6.07, 6.45) is 0.802. The molecule has 2 aromatic carbocycles. The second kappa shape index (κ2) is 11.8. The average Bonchev–Trinajstić information content (AvgIpc) is 3.31. The van der Waals surface area contributed by atoms with Crippen LogP contribution in [0.4, 0.5) is 0 Å². The maximum Gasteiger partial charge on any atom is 0.256 e. The highest BCUT2D eigenvalue weighted by Gasteiger charge is 2.54. The van der Waals surface area contributed by atoms with Crippen LogP contribution >= 0.6 is 0 Å². The number of hydrogen-bond donors (Lipinski definition) is 1. The first-order valence-electron chi connectivity index (χ1n) is 12.8. The molecule has 0 saturated carbocycles. The molecule has 1 atom stereocenters. The Morgan fingerprint density at radius 1 is 0.921 bits per heavy atom. The Bertz CT molecular complexity index is 1130. The SMILES string of the molecule is COc1ccc(C(=O)N2CCC3(CC2)OC[C@@H](C(=O)NCCN(C)C)N3C(=O)c2ccc(OC)cc2)cc1. The quantitative estimate of drug-likeness (QED) is 0.563. The molecule has 0 aromatic heterocycles. The van der Waals surface area contributed by atoms with E-state index in [-0.39, 0.29) is 24.3 Å². The van der Waals surface area contributed by atoms with Gasteiger partial charge < -0.3 is 29.3 Å². The predicted octanol–water partition coefficient (Wildman–Crippen LogP) is 1.86. The largest absolute Gasteiger partial charge is 0.497 e. The normalized spacial score (nSPS) is 18.5. The third-order valence-electron chi connectivity index (χ3n) is 7.15. The molecule has 2 aliphatic heterocycles. The van der Waals surface area contributed by atoms with Gasteiger partial charge in [-0.1, -0.05) is 0 Å². The molecule has 38 heavy (non-hydrogen) atoms.